The van der Waals surface area contributed by atoms with Crippen molar-refractivity contribution in [1.82, 2.24) is 14.3 Å². The Morgan fingerprint density at radius 3 is 2.45 bits per heavy atom. The summed E-state index contributed by atoms with van der Waals surface area (Å²) in [5.41, 5.74) is 1.17. The molecule has 0 amide bonds. The summed E-state index contributed by atoms with van der Waals surface area (Å²) in [5.74, 6) is 0. The normalized spacial score (nSPS) is 11.1. The van der Waals surface area contributed by atoms with E-state index in [4.69, 9.17) is 0 Å². The molecule has 8 heteroatoms. The molecule has 0 aliphatic carbocycles. The van der Waals surface area contributed by atoms with Crippen molar-refractivity contribution in [2.75, 3.05) is 0 Å². The number of nitrogens with zero attached hydrogens (tertiary/aromatic N) is 3. The first-order valence-corrected chi connectivity index (χ1v) is 6.92. The second kappa shape index (κ2) is 7.52. The van der Waals surface area contributed by atoms with Crippen LogP contribution in [0.25, 0.3) is 0 Å². The van der Waals surface area contributed by atoms with E-state index in [0.717, 1.165) is 4.31 Å². The molecule has 0 spiro atoms. The largest absolute Gasteiger partial charge is 1.00 e. The SMILES string of the molecule is O=S(=O)([O-])N(Cc1cccnc1)Cc1ccccn1.[Li+]. The van der Waals surface area contributed by atoms with Crippen LogP contribution in [0.2, 0.25) is 0 Å². The molecule has 0 aromatic carbocycles. The van der Waals surface area contributed by atoms with Crippen molar-refractivity contribution in [1.29, 1.82) is 0 Å². The minimum absolute atomic E-state index is 0. The molecule has 0 unspecified atom stereocenters. The number of hydrogen-bond donors (Lipinski definition) is 0. The smallest absolute Gasteiger partial charge is 0.735 e. The predicted molar refractivity (Wildman–Crippen MR) is 67.4 cm³/mol. The molecule has 0 aliphatic rings. The van der Waals surface area contributed by atoms with Crippen molar-refractivity contribution in [2.45, 2.75) is 13.1 Å². The zero-order chi connectivity index (χ0) is 13.7. The molecule has 2 heterocycles. The number of rotatable bonds is 5. The first-order chi connectivity index (χ1) is 9.05. The predicted octanol–water partition coefficient (Wildman–Crippen LogP) is -2.06. The van der Waals surface area contributed by atoms with E-state index < -0.39 is 10.3 Å². The zero-order valence-electron chi connectivity index (χ0n) is 11.0. The van der Waals surface area contributed by atoms with Crippen molar-refractivity contribution >= 4 is 10.3 Å². The van der Waals surface area contributed by atoms with Crippen LogP contribution in [-0.2, 0) is 23.4 Å². The molecule has 20 heavy (non-hydrogen) atoms. The van der Waals surface area contributed by atoms with Gasteiger partial charge in [0.05, 0.1) is 12.2 Å². The zero-order valence-corrected chi connectivity index (χ0v) is 11.8. The molecular weight excluding hydrogens is 273 g/mol. The van der Waals surface area contributed by atoms with Gasteiger partial charge in [-0.3, -0.25) is 9.97 Å². The number of aromatic nitrogens is 2. The minimum atomic E-state index is -4.55. The fraction of sp³-hybridized carbons (Fsp3) is 0.167. The van der Waals surface area contributed by atoms with Gasteiger partial charge in [-0.15, -0.1) is 0 Å². The summed E-state index contributed by atoms with van der Waals surface area (Å²) in [4.78, 5) is 7.90. The molecule has 2 rings (SSSR count). The van der Waals surface area contributed by atoms with Crippen LogP contribution in [0.4, 0.5) is 0 Å². The topological polar surface area (TPSA) is 86.2 Å². The monoisotopic (exact) mass is 285 g/mol. The summed E-state index contributed by atoms with van der Waals surface area (Å²) in [6.45, 7) is -0.0716. The fourth-order valence-electron chi connectivity index (χ4n) is 1.58. The molecule has 0 radical (unpaired) electrons. The first kappa shape index (κ1) is 16.8. The molecule has 0 atom stereocenters. The Labute approximate surface area is 129 Å². The van der Waals surface area contributed by atoms with Crippen LogP contribution in [0.3, 0.4) is 0 Å². The van der Waals surface area contributed by atoms with Gasteiger partial charge in [0.15, 0.2) is 10.3 Å². The van der Waals surface area contributed by atoms with Crippen LogP contribution >= 0.6 is 0 Å². The van der Waals surface area contributed by atoms with E-state index in [1.54, 1.807) is 42.7 Å². The van der Waals surface area contributed by atoms with Gasteiger partial charge in [0.1, 0.15) is 0 Å². The molecule has 2 aromatic heterocycles. The summed E-state index contributed by atoms with van der Waals surface area (Å²) in [7, 11) is -4.55. The molecule has 0 fully saturated rings. The maximum absolute atomic E-state index is 11.3. The average Bonchev–Trinajstić information content (AvgIpc) is 2.39. The van der Waals surface area contributed by atoms with Crippen molar-refractivity contribution in [3.8, 4) is 0 Å². The van der Waals surface area contributed by atoms with Gasteiger partial charge in [-0.05, 0) is 23.8 Å². The van der Waals surface area contributed by atoms with Gasteiger partial charge < -0.3 is 4.55 Å². The summed E-state index contributed by atoms with van der Waals surface area (Å²) in [5, 5.41) is 0. The summed E-state index contributed by atoms with van der Waals surface area (Å²) < 4.78 is 34.6. The molecule has 0 saturated heterocycles. The van der Waals surface area contributed by atoms with Gasteiger partial charge in [-0.25, -0.2) is 12.7 Å². The Kier molecular flexibility index (Phi) is 6.33. The molecule has 0 aliphatic heterocycles. The summed E-state index contributed by atoms with van der Waals surface area (Å²) in [6, 6.07) is 8.53. The van der Waals surface area contributed by atoms with Crippen molar-refractivity contribution in [3.05, 3.63) is 60.2 Å². The van der Waals surface area contributed by atoms with E-state index in [9.17, 15) is 13.0 Å². The van der Waals surface area contributed by atoms with E-state index in [1.807, 2.05) is 0 Å². The average molecular weight is 285 g/mol. The third-order valence-corrected chi connectivity index (χ3v) is 3.35. The summed E-state index contributed by atoms with van der Waals surface area (Å²) >= 11 is 0. The van der Waals surface area contributed by atoms with Crippen LogP contribution in [0.15, 0.2) is 48.9 Å². The van der Waals surface area contributed by atoms with Crippen LogP contribution in [0.1, 0.15) is 11.3 Å². The summed E-state index contributed by atoms with van der Waals surface area (Å²) in [6.07, 6.45) is 4.66. The van der Waals surface area contributed by atoms with Crippen LogP contribution in [0, 0.1) is 0 Å². The third kappa shape index (κ3) is 5.04. The van der Waals surface area contributed by atoms with Crippen molar-refractivity contribution in [2.24, 2.45) is 0 Å². The first-order valence-electron chi connectivity index (χ1n) is 5.55. The van der Waals surface area contributed by atoms with Crippen molar-refractivity contribution in [3.63, 3.8) is 0 Å². The minimum Gasteiger partial charge on any atom is -0.735 e. The van der Waals surface area contributed by atoms with Gasteiger partial charge >= 0.3 is 18.9 Å². The van der Waals surface area contributed by atoms with E-state index in [1.165, 1.54) is 6.20 Å². The second-order valence-electron chi connectivity index (χ2n) is 3.91. The fourth-order valence-corrected chi connectivity index (χ4v) is 2.18. The molecule has 2 aromatic rings. The Morgan fingerprint density at radius 1 is 1.10 bits per heavy atom. The third-order valence-electron chi connectivity index (χ3n) is 2.46. The Bertz CT molecular complexity index is 581. The van der Waals surface area contributed by atoms with E-state index in [2.05, 4.69) is 9.97 Å². The van der Waals surface area contributed by atoms with Crippen LogP contribution in [0.5, 0.6) is 0 Å². The second-order valence-corrected chi connectivity index (χ2v) is 5.28. The Balaban J connectivity index is 0.00000200. The maximum Gasteiger partial charge on any atom is 1.00 e. The van der Waals surface area contributed by atoms with Gasteiger partial charge in [0.2, 0.25) is 0 Å². The standard InChI is InChI=1S/C12H13N3O3S.Li/c16-19(17,18)15(9-11-4-3-6-13-8-11)10-12-5-1-2-7-14-12;/h1-8H,9-10H2,(H,16,17,18);/q;+1/p-1. The Morgan fingerprint density at radius 2 is 1.90 bits per heavy atom. The van der Waals surface area contributed by atoms with Gasteiger partial charge in [-0.2, -0.15) is 0 Å². The quantitative estimate of drug-likeness (QED) is 0.466. The number of hydrogen-bond acceptors (Lipinski definition) is 5. The molecule has 0 bridgehead atoms. The van der Waals surface area contributed by atoms with Gasteiger partial charge in [0.25, 0.3) is 0 Å². The van der Waals surface area contributed by atoms with E-state index in [0.29, 0.717) is 11.3 Å². The van der Waals surface area contributed by atoms with Gasteiger partial charge in [-0.1, -0.05) is 12.1 Å². The molecule has 6 nitrogen and oxygen atoms in total. The molecule has 0 N–H and O–H groups in total. The van der Waals surface area contributed by atoms with Crippen LogP contribution < -0.4 is 18.9 Å². The van der Waals surface area contributed by atoms with Crippen molar-refractivity contribution < 1.29 is 31.8 Å². The maximum atomic E-state index is 11.3. The molecule has 0 saturated carbocycles. The Hall–Kier alpha value is -1.23. The van der Waals surface area contributed by atoms with E-state index >= 15 is 0 Å². The number of pyridine rings is 2. The van der Waals surface area contributed by atoms with E-state index in [-0.39, 0.29) is 32.0 Å². The molecule has 100 valence electrons. The van der Waals surface area contributed by atoms with Gasteiger partial charge in [0, 0.05) is 25.1 Å². The van der Waals surface area contributed by atoms with Crippen LogP contribution in [-0.4, -0.2) is 27.2 Å². The molecular formula is C12H12LiN3O3S.